The van der Waals surface area contributed by atoms with Gasteiger partial charge in [0.05, 0.1) is 19.3 Å². The van der Waals surface area contributed by atoms with E-state index < -0.39 is 6.10 Å². The van der Waals surface area contributed by atoms with Gasteiger partial charge in [0.15, 0.2) is 5.96 Å². The first-order chi connectivity index (χ1) is 12.1. The first-order valence-corrected chi connectivity index (χ1v) is 10.1. The Kier molecular flexibility index (Phi) is 16.9. The maximum atomic E-state index is 9.95. The van der Waals surface area contributed by atoms with Gasteiger partial charge in [-0.25, -0.2) is 0 Å². The molecule has 0 bridgehead atoms. The average molecular weight is 484 g/mol. The van der Waals surface area contributed by atoms with Gasteiger partial charge in [0.2, 0.25) is 0 Å². The molecule has 1 aliphatic rings. The second-order valence-corrected chi connectivity index (χ2v) is 7.34. The number of nitrogens with zero attached hydrogens (tertiary/aromatic N) is 2. The van der Waals surface area contributed by atoms with Crippen molar-refractivity contribution in [2.24, 2.45) is 10.9 Å². The Hall–Kier alpha value is -0.120. The Bertz CT molecular complexity index is 348. The van der Waals surface area contributed by atoms with Crippen LogP contribution >= 0.6 is 24.0 Å². The van der Waals surface area contributed by atoms with Crippen molar-refractivity contribution in [1.82, 2.24) is 15.5 Å². The normalized spacial score (nSPS) is 17.5. The van der Waals surface area contributed by atoms with Crippen molar-refractivity contribution in [3.05, 3.63) is 0 Å². The van der Waals surface area contributed by atoms with Crippen LogP contribution in [-0.4, -0.2) is 74.6 Å². The molecule has 0 aromatic heterocycles. The zero-order chi connectivity index (χ0) is 18.3. The van der Waals surface area contributed by atoms with Gasteiger partial charge in [-0.2, -0.15) is 0 Å². The van der Waals surface area contributed by atoms with E-state index in [0.717, 1.165) is 32.0 Å². The fourth-order valence-corrected chi connectivity index (χ4v) is 2.90. The third kappa shape index (κ3) is 14.0. The van der Waals surface area contributed by atoms with Gasteiger partial charge in [0, 0.05) is 19.7 Å². The molecule has 1 fully saturated rings. The molecular weight excluding hydrogens is 443 g/mol. The summed E-state index contributed by atoms with van der Waals surface area (Å²) in [5.41, 5.74) is 0. The first kappa shape index (κ1) is 25.9. The number of aliphatic imine (C=N–C) groups is 1. The minimum atomic E-state index is -0.550. The van der Waals surface area contributed by atoms with Crippen LogP contribution in [0.15, 0.2) is 4.99 Å². The van der Waals surface area contributed by atoms with Gasteiger partial charge < -0.3 is 25.4 Å². The number of likely N-dealkylation sites (tertiary alicyclic amines) is 1. The number of ether oxygens (including phenoxy) is 1. The van der Waals surface area contributed by atoms with Gasteiger partial charge in [-0.05, 0) is 51.7 Å². The SMILES string of the molecule is CCNC(=NCC(O)COCC(C)C)NCCCN1CCCCCC1.I. The average Bonchev–Trinajstić information content (AvgIpc) is 2.85. The Morgan fingerprint density at radius 3 is 2.42 bits per heavy atom. The molecule has 0 aromatic rings. The Morgan fingerprint density at radius 2 is 1.81 bits per heavy atom. The van der Waals surface area contributed by atoms with E-state index in [1.807, 2.05) is 0 Å². The summed E-state index contributed by atoms with van der Waals surface area (Å²) in [6, 6.07) is 0. The quantitative estimate of drug-likeness (QED) is 0.182. The second-order valence-electron chi connectivity index (χ2n) is 7.34. The summed E-state index contributed by atoms with van der Waals surface area (Å²) in [6.07, 6.45) is 6.02. The molecule has 156 valence electrons. The van der Waals surface area contributed by atoms with Crippen LogP contribution in [0.4, 0.5) is 0 Å². The van der Waals surface area contributed by atoms with Crippen LogP contribution in [0.5, 0.6) is 0 Å². The minimum Gasteiger partial charge on any atom is -0.389 e. The molecule has 3 N–H and O–H groups in total. The lowest BCUT2D eigenvalue weighted by molar-refractivity contribution is 0.0301. The van der Waals surface area contributed by atoms with Crippen molar-refractivity contribution < 1.29 is 9.84 Å². The maximum absolute atomic E-state index is 9.95. The van der Waals surface area contributed by atoms with Crippen LogP contribution in [0.2, 0.25) is 0 Å². The summed E-state index contributed by atoms with van der Waals surface area (Å²) in [5, 5.41) is 16.6. The highest BCUT2D eigenvalue weighted by Gasteiger charge is 2.09. The van der Waals surface area contributed by atoms with Gasteiger partial charge in [0.25, 0.3) is 0 Å². The Morgan fingerprint density at radius 1 is 1.12 bits per heavy atom. The van der Waals surface area contributed by atoms with E-state index in [1.54, 1.807) is 0 Å². The van der Waals surface area contributed by atoms with E-state index in [2.05, 4.69) is 41.3 Å². The molecule has 26 heavy (non-hydrogen) atoms. The van der Waals surface area contributed by atoms with E-state index in [9.17, 15) is 5.11 Å². The standard InChI is InChI=1S/C19H40N4O2.HI/c1-4-20-19(22-14-18(24)16-25-15-17(2)3)21-10-9-13-23-11-7-5-6-8-12-23;/h17-18,24H,4-16H2,1-3H3,(H2,20,21,22);1H. The van der Waals surface area contributed by atoms with E-state index >= 15 is 0 Å². The summed E-state index contributed by atoms with van der Waals surface area (Å²) in [6.45, 7) is 13.0. The molecule has 1 heterocycles. The molecule has 0 spiro atoms. The summed E-state index contributed by atoms with van der Waals surface area (Å²) in [5.74, 6) is 1.26. The van der Waals surface area contributed by atoms with Crippen LogP contribution in [-0.2, 0) is 4.74 Å². The first-order valence-electron chi connectivity index (χ1n) is 10.1. The molecule has 1 aliphatic heterocycles. The zero-order valence-corrected chi connectivity index (χ0v) is 19.3. The van der Waals surface area contributed by atoms with Gasteiger partial charge in [-0.1, -0.05) is 26.7 Å². The summed E-state index contributed by atoms with van der Waals surface area (Å²) >= 11 is 0. The Labute approximate surface area is 177 Å². The van der Waals surface area contributed by atoms with Crippen molar-refractivity contribution in [3.8, 4) is 0 Å². The van der Waals surface area contributed by atoms with Crippen molar-refractivity contribution in [1.29, 1.82) is 0 Å². The molecule has 7 heteroatoms. The summed E-state index contributed by atoms with van der Waals surface area (Å²) in [4.78, 5) is 7.04. The van der Waals surface area contributed by atoms with Crippen molar-refractivity contribution >= 4 is 29.9 Å². The molecule has 0 aliphatic carbocycles. The van der Waals surface area contributed by atoms with Crippen LogP contribution in [0.1, 0.15) is 52.9 Å². The minimum absolute atomic E-state index is 0. The third-order valence-electron chi connectivity index (χ3n) is 4.21. The molecule has 1 rings (SSSR count). The van der Waals surface area contributed by atoms with E-state index in [0.29, 0.717) is 25.7 Å². The lowest BCUT2D eigenvalue weighted by atomic mass is 10.2. The predicted molar refractivity (Wildman–Crippen MR) is 121 cm³/mol. The highest BCUT2D eigenvalue weighted by Crippen LogP contribution is 2.09. The van der Waals surface area contributed by atoms with Gasteiger partial charge in [-0.15, -0.1) is 24.0 Å². The fourth-order valence-electron chi connectivity index (χ4n) is 2.90. The lowest BCUT2D eigenvalue weighted by Gasteiger charge is -2.20. The predicted octanol–water partition coefficient (Wildman–Crippen LogP) is 2.46. The van der Waals surface area contributed by atoms with Crippen molar-refractivity contribution in [2.45, 2.75) is 59.0 Å². The number of aliphatic hydroxyl groups is 1. The fraction of sp³-hybridized carbons (Fsp3) is 0.947. The van der Waals surface area contributed by atoms with Crippen LogP contribution < -0.4 is 10.6 Å². The van der Waals surface area contributed by atoms with Gasteiger partial charge >= 0.3 is 0 Å². The zero-order valence-electron chi connectivity index (χ0n) is 17.0. The second kappa shape index (κ2) is 17.0. The number of guanidine groups is 1. The van der Waals surface area contributed by atoms with E-state index in [-0.39, 0.29) is 24.0 Å². The monoisotopic (exact) mass is 484 g/mol. The molecule has 0 aromatic carbocycles. The number of aliphatic hydroxyl groups excluding tert-OH is 1. The van der Waals surface area contributed by atoms with Gasteiger partial charge in [0.1, 0.15) is 0 Å². The number of halogens is 1. The van der Waals surface area contributed by atoms with Gasteiger partial charge in [-0.3, -0.25) is 4.99 Å². The molecule has 6 nitrogen and oxygen atoms in total. The number of hydrogen-bond acceptors (Lipinski definition) is 4. The molecule has 1 unspecified atom stereocenters. The molecular formula is C19H41IN4O2. The lowest BCUT2D eigenvalue weighted by Crippen LogP contribution is -2.39. The number of hydrogen-bond donors (Lipinski definition) is 3. The highest BCUT2D eigenvalue weighted by molar-refractivity contribution is 14.0. The van der Waals surface area contributed by atoms with E-state index in [4.69, 9.17) is 4.74 Å². The molecule has 0 saturated carbocycles. The molecule has 1 atom stereocenters. The smallest absolute Gasteiger partial charge is 0.191 e. The van der Waals surface area contributed by atoms with E-state index in [1.165, 1.54) is 38.8 Å². The van der Waals surface area contributed by atoms with Crippen molar-refractivity contribution in [2.75, 3.05) is 52.5 Å². The molecule has 0 radical (unpaired) electrons. The maximum Gasteiger partial charge on any atom is 0.191 e. The Balaban J connectivity index is 0.00000625. The van der Waals surface area contributed by atoms with Crippen LogP contribution in [0.3, 0.4) is 0 Å². The highest BCUT2D eigenvalue weighted by atomic mass is 127. The van der Waals surface area contributed by atoms with Crippen LogP contribution in [0, 0.1) is 5.92 Å². The molecule has 1 saturated heterocycles. The summed E-state index contributed by atoms with van der Waals surface area (Å²) < 4.78 is 5.46. The van der Waals surface area contributed by atoms with Crippen LogP contribution in [0.25, 0.3) is 0 Å². The summed E-state index contributed by atoms with van der Waals surface area (Å²) in [7, 11) is 0. The largest absolute Gasteiger partial charge is 0.389 e. The topological polar surface area (TPSA) is 69.1 Å². The molecule has 0 amide bonds. The van der Waals surface area contributed by atoms with Crippen molar-refractivity contribution in [3.63, 3.8) is 0 Å². The number of rotatable bonds is 11. The number of nitrogens with one attached hydrogen (secondary N) is 2. The third-order valence-corrected chi connectivity index (χ3v) is 4.21.